The van der Waals surface area contributed by atoms with Crippen molar-refractivity contribution in [2.45, 2.75) is 12.5 Å². The van der Waals surface area contributed by atoms with Gasteiger partial charge in [-0.25, -0.2) is 4.79 Å². The van der Waals surface area contributed by atoms with Gasteiger partial charge in [-0.1, -0.05) is 0 Å². The molecule has 9 nitrogen and oxygen atoms in total. The number of carbonyl (C=O) groups is 3. The minimum absolute atomic E-state index is 0.00921. The maximum absolute atomic E-state index is 12.8. The van der Waals surface area contributed by atoms with E-state index in [9.17, 15) is 14.4 Å². The summed E-state index contributed by atoms with van der Waals surface area (Å²) in [6, 6.07) is 5.12. The number of rotatable bonds is 5. The molecular formula is C18H22N2O7. The highest BCUT2D eigenvalue weighted by atomic mass is 16.5. The van der Waals surface area contributed by atoms with E-state index in [1.54, 1.807) is 18.2 Å². The molecule has 2 aliphatic rings. The molecule has 146 valence electrons. The standard InChI is InChI=1S/C18H22N2O7/c1-25-12-3-4-13(14(8-12)26-2)20-9-11(7-16(20)21)17(22)19-5-6-27-15(10-19)18(23)24/h3-4,8,11,15H,5-7,9-10H2,1-2H3,(H,23,24). The molecule has 2 saturated heterocycles. The third-order valence-electron chi connectivity index (χ3n) is 4.81. The molecule has 1 aromatic carbocycles. The van der Waals surface area contributed by atoms with E-state index in [2.05, 4.69) is 0 Å². The number of aliphatic carboxylic acids is 1. The van der Waals surface area contributed by atoms with E-state index in [1.165, 1.54) is 24.0 Å². The van der Waals surface area contributed by atoms with Gasteiger partial charge in [-0.2, -0.15) is 0 Å². The van der Waals surface area contributed by atoms with Crippen LogP contribution < -0.4 is 14.4 Å². The third kappa shape index (κ3) is 3.82. The van der Waals surface area contributed by atoms with Gasteiger partial charge in [0.2, 0.25) is 11.8 Å². The van der Waals surface area contributed by atoms with Crippen LogP contribution >= 0.6 is 0 Å². The molecular weight excluding hydrogens is 356 g/mol. The molecule has 2 atom stereocenters. The van der Waals surface area contributed by atoms with Crippen molar-refractivity contribution in [1.29, 1.82) is 0 Å². The number of anilines is 1. The van der Waals surface area contributed by atoms with Crippen molar-refractivity contribution >= 4 is 23.5 Å². The first-order valence-electron chi connectivity index (χ1n) is 8.60. The highest BCUT2D eigenvalue weighted by Crippen LogP contribution is 2.36. The van der Waals surface area contributed by atoms with Crippen molar-refractivity contribution in [3.05, 3.63) is 18.2 Å². The summed E-state index contributed by atoms with van der Waals surface area (Å²) >= 11 is 0. The minimum Gasteiger partial charge on any atom is -0.497 e. The number of ether oxygens (including phenoxy) is 3. The predicted molar refractivity (Wildman–Crippen MR) is 94.0 cm³/mol. The number of hydrogen-bond donors (Lipinski definition) is 1. The lowest BCUT2D eigenvalue weighted by molar-refractivity contribution is -0.160. The van der Waals surface area contributed by atoms with E-state index in [1.807, 2.05) is 0 Å². The van der Waals surface area contributed by atoms with Crippen LogP contribution in [0.1, 0.15) is 6.42 Å². The number of methoxy groups -OCH3 is 2. The summed E-state index contributed by atoms with van der Waals surface area (Å²) in [5, 5.41) is 9.09. The number of carbonyl (C=O) groups excluding carboxylic acids is 2. The van der Waals surface area contributed by atoms with Gasteiger partial charge in [-0.15, -0.1) is 0 Å². The first kappa shape index (κ1) is 19.0. The van der Waals surface area contributed by atoms with Crippen molar-refractivity contribution in [3.63, 3.8) is 0 Å². The largest absolute Gasteiger partial charge is 0.497 e. The predicted octanol–water partition coefficient (Wildman–Crippen LogP) is 0.369. The Balaban J connectivity index is 1.74. The van der Waals surface area contributed by atoms with Gasteiger partial charge in [0.05, 0.1) is 39.0 Å². The first-order valence-corrected chi connectivity index (χ1v) is 8.60. The average molecular weight is 378 g/mol. The van der Waals surface area contributed by atoms with Crippen LogP contribution in [0.5, 0.6) is 11.5 Å². The second-order valence-corrected chi connectivity index (χ2v) is 6.43. The summed E-state index contributed by atoms with van der Waals surface area (Å²) in [7, 11) is 3.04. The van der Waals surface area contributed by atoms with E-state index in [0.29, 0.717) is 23.7 Å². The summed E-state index contributed by atoms with van der Waals surface area (Å²) in [5.74, 6) is -0.958. The molecule has 2 amide bonds. The molecule has 0 aromatic heterocycles. The Hall–Kier alpha value is -2.81. The second kappa shape index (κ2) is 7.83. The van der Waals surface area contributed by atoms with Gasteiger partial charge in [0.15, 0.2) is 6.10 Å². The van der Waals surface area contributed by atoms with Gasteiger partial charge in [-0.05, 0) is 12.1 Å². The van der Waals surface area contributed by atoms with E-state index < -0.39 is 18.0 Å². The van der Waals surface area contributed by atoms with Gasteiger partial charge >= 0.3 is 5.97 Å². The van der Waals surface area contributed by atoms with Crippen molar-refractivity contribution in [2.24, 2.45) is 5.92 Å². The molecule has 2 heterocycles. The molecule has 0 radical (unpaired) electrons. The lowest BCUT2D eigenvalue weighted by atomic mass is 10.1. The molecule has 0 aliphatic carbocycles. The van der Waals surface area contributed by atoms with Gasteiger partial charge in [-0.3, -0.25) is 9.59 Å². The maximum atomic E-state index is 12.8. The summed E-state index contributed by atoms with van der Waals surface area (Å²) < 4.78 is 15.7. The average Bonchev–Trinajstić information content (AvgIpc) is 3.08. The molecule has 2 aliphatic heterocycles. The van der Waals surface area contributed by atoms with E-state index in [-0.39, 0.29) is 37.9 Å². The molecule has 2 fully saturated rings. The highest BCUT2D eigenvalue weighted by Gasteiger charge is 2.40. The zero-order valence-corrected chi connectivity index (χ0v) is 15.2. The number of amides is 2. The summed E-state index contributed by atoms with van der Waals surface area (Å²) in [5.41, 5.74) is 0.573. The molecule has 1 N–H and O–H groups in total. The van der Waals surface area contributed by atoms with Gasteiger partial charge in [0.25, 0.3) is 0 Å². The first-order chi connectivity index (χ1) is 12.9. The normalized spacial score (nSPS) is 22.7. The number of morpholine rings is 1. The molecule has 27 heavy (non-hydrogen) atoms. The van der Waals surface area contributed by atoms with Crippen molar-refractivity contribution in [3.8, 4) is 11.5 Å². The summed E-state index contributed by atoms with van der Waals surface area (Å²) in [6.45, 7) is 0.693. The van der Waals surface area contributed by atoms with Crippen LogP contribution in [-0.2, 0) is 19.1 Å². The number of benzene rings is 1. The molecule has 1 aromatic rings. The number of hydrogen-bond acceptors (Lipinski definition) is 6. The Labute approximate surface area is 156 Å². The minimum atomic E-state index is -1.10. The lowest BCUT2D eigenvalue weighted by Crippen LogP contribution is -2.50. The fraction of sp³-hybridized carbons (Fsp3) is 0.500. The van der Waals surface area contributed by atoms with E-state index in [4.69, 9.17) is 19.3 Å². The Bertz CT molecular complexity index is 751. The van der Waals surface area contributed by atoms with Crippen molar-refractivity contribution in [1.82, 2.24) is 4.90 Å². The van der Waals surface area contributed by atoms with Gasteiger partial charge in [0.1, 0.15) is 11.5 Å². The molecule has 0 saturated carbocycles. The zero-order valence-electron chi connectivity index (χ0n) is 15.2. The summed E-state index contributed by atoms with van der Waals surface area (Å²) in [6.07, 6.45) is -0.957. The molecule has 0 bridgehead atoms. The van der Waals surface area contributed by atoms with Crippen molar-refractivity contribution < 1.29 is 33.7 Å². The topological polar surface area (TPSA) is 106 Å². The second-order valence-electron chi connectivity index (χ2n) is 6.43. The van der Waals surface area contributed by atoms with E-state index >= 15 is 0 Å². The molecule has 9 heteroatoms. The number of carboxylic acids is 1. The maximum Gasteiger partial charge on any atom is 0.334 e. The smallest absolute Gasteiger partial charge is 0.334 e. The van der Waals surface area contributed by atoms with Crippen molar-refractivity contribution in [2.75, 3.05) is 45.4 Å². The van der Waals surface area contributed by atoms with Crippen LogP contribution in [-0.4, -0.2) is 74.4 Å². The Kier molecular flexibility index (Phi) is 5.50. The van der Waals surface area contributed by atoms with Gasteiger partial charge in [0, 0.05) is 25.6 Å². The summed E-state index contributed by atoms with van der Waals surface area (Å²) in [4.78, 5) is 39.4. The Morgan fingerprint density at radius 2 is 2.00 bits per heavy atom. The van der Waals surface area contributed by atoms with Gasteiger partial charge < -0.3 is 29.1 Å². The van der Waals surface area contributed by atoms with Crippen LogP contribution in [0.15, 0.2) is 18.2 Å². The number of nitrogens with zero attached hydrogens (tertiary/aromatic N) is 2. The van der Waals surface area contributed by atoms with Crippen LogP contribution in [0.4, 0.5) is 5.69 Å². The molecule has 3 rings (SSSR count). The monoisotopic (exact) mass is 378 g/mol. The zero-order chi connectivity index (χ0) is 19.6. The fourth-order valence-corrected chi connectivity index (χ4v) is 3.37. The van der Waals surface area contributed by atoms with E-state index in [0.717, 1.165) is 0 Å². The molecule has 2 unspecified atom stereocenters. The van der Waals surface area contributed by atoms with Crippen LogP contribution in [0.3, 0.4) is 0 Å². The Morgan fingerprint density at radius 1 is 1.22 bits per heavy atom. The quantitative estimate of drug-likeness (QED) is 0.789. The van der Waals surface area contributed by atoms with Crippen LogP contribution in [0.2, 0.25) is 0 Å². The highest BCUT2D eigenvalue weighted by molar-refractivity contribution is 6.01. The number of carboxylic acid groups (broad SMARTS) is 1. The third-order valence-corrected chi connectivity index (χ3v) is 4.81. The SMILES string of the molecule is COc1ccc(N2CC(C(=O)N3CCOC(C(=O)O)C3)CC2=O)c(OC)c1. The molecule has 0 spiro atoms. The van der Waals surface area contributed by atoms with Crippen LogP contribution in [0.25, 0.3) is 0 Å². The Morgan fingerprint density at radius 3 is 2.67 bits per heavy atom. The van der Waals surface area contributed by atoms with Crippen LogP contribution in [0, 0.1) is 5.92 Å². The lowest BCUT2D eigenvalue weighted by Gasteiger charge is -2.32. The fourth-order valence-electron chi connectivity index (χ4n) is 3.37.